The average molecular weight is 642 g/mol. The maximum Gasteiger partial charge on any atom is 0.333 e. The predicted octanol–water partition coefficient (Wildman–Crippen LogP) is 6.56. The van der Waals surface area contributed by atoms with Gasteiger partial charge >= 0.3 is 6.55 Å². The Bertz CT molecular complexity index is 1890. The molecule has 228 valence electrons. The lowest BCUT2D eigenvalue weighted by Gasteiger charge is -2.15. The van der Waals surface area contributed by atoms with Crippen molar-refractivity contribution in [1.29, 1.82) is 0 Å². The van der Waals surface area contributed by atoms with E-state index in [2.05, 4.69) is 25.7 Å². The van der Waals surface area contributed by atoms with Gasteiger partial charge in [0.25, 0.3) is 5.56 Å². The minimum Gasteiger partial charge on any atom is -0.323 e. The van der Waals surface area contributed by atoms with Gasteiger partial charge in [-0.2, -0.15) is 13.9 Å². The topological polar surface area (TPSA) is 113 Å². The largest absolute Gasteiger partial charge is 0.333 e. The molecule has 1 amide bonds. The molecule has 0 fully saturated rings. The highest BCUT2D eigenvalue weighted by molar-refractivity contribution is 6.31. The van der Waals surface area contributed by atoms with Gasteiger partial charge in [0, 0.05) is 53.0 Å². The molecule has 0 aliphatic carbocycles. The van der Waals surface area contributed by atoms with Crippen LogP contribution in [0.15, 0.2) is 65.8 Å². The van der Waals surface area contributed by atoms with E-state index in [1.54, 1.807) is 62.6 Å². The predicted molar refractivity (Wildman–Crippen MR) is 164 cm³/mol. The second kappa shape index (κ2) is 13.1. The van der Waals surface area contributed by atoms with Crippen molar-refractivity contribution in [1.82, 2.24) is 34.3 Å². The number of halogens is 4. The maximum absolute atomic E-state index is 13.9. The number of aromatic nitrogens is 7. The first-order valence-electron chi connectivity index (χ1n) is 13.8. The number of anilines is 1. The zero-order chi connectivity index (χ0) is 31.5. The monoisotopic (exact) mass is 640 g/mol. The Hall–Kier alpha value is -4.42. The third kappa shape index (κ3) is 6.41. The summed E-state index contributed by atoms with van der Waals surface area (Å²) in [6, 6.07) is 11.8. The lowest BCUT2D eigenvalue weighted by atomic mass is 10.0. The van der Waals surface area contributed by atoms with Crippen molar-refractivity contribution in [3.05, 3.63) is 92.8 Å². The van der Waals surface area contributed by atoms with Crippen LogP contribution in [0, 0.1) is 5.92 Å². The quantitative estimate of drug-likeness (QED) is 0.185. The number of nitrogens with one attached hydrogen (secondary N) is 1. The number of alkyl halides is 2. The molecule has 0 saturated carbocycles. The number of hydrogen-bond donors (Lipinski definition) is 1. The molecule has 4 heterocycles. The highest BCUT2D eigenvalue weighted by atomic mass is 35.5. The fourth-order valence-corrected chi connectivity index (χ4v) is 5.29. The van der Waals surface area contributed by atoms with Crippen LogP contribution in [-0.2, 0) is 18.3 Å². The van der Waals surface area contributed by atoms with E-state index in [1.807, 2.05) is 6.92 Å². The first kappa shape index (κ1) is 31.0. The number of carbonyl (C=O) groups excluding carboxylic acids is 1. The first-order chi connectivity index (χ1) is 21.1. The van der Waals surface area contributed by atoms with Crippen LogP contribution in [-0.4, -0.2) is 40.2 Å². The molecule has 5 rings (SSSR count). The van der Waals surface area contributed by atoms with Crippen molar-refractivity contribution >= 4 is 34.8 Å². The standard InChI is InChI=1S/C30H28Cl2F2N8O2/c1-4-5-17(2)28(43)37-23-15-36-42(30(33)34)27(23)18-10-11-35-21(12-18)13-19-6-8-24(40(3)29(19)44)22-14-20(31)7-9-25(22)41-16-26(32)38-39-41/h6-12,14-17,30H,4-5,13H2,1-3H3,(H,37,43)/t17-/m1/s1. The fraction of sp³-hybridized carbons (Fsp3) is 0.267. The summed E-state index contributed by atoms with van der Waals surface area (Å²) in [6.07, 6.45) is 5.82. The summed E-state index contributed by atoms with van der Waals surface area (Å²) in [6.45, 7) is 0.807. The Morgan fingerprint density at radius 3 is 2.61 bits per heavy atom. The van der Waals surface area contributed by atoms with Crippen molar-refractivity contribution in [2.24, 2.45) is 13.0 Å². The summed E-state index contributed by atoms with van der Waals surface area (Å²) in [5, 5.41) is 15.1. The first-order valence-corrected chi connectivity index (χ1v) is 14.5. The van der Waals surface area contributed by atoms with E-state index >= 15 is 0 Å². The molecule has 0 aliphatic rings. The Morgan fingerprint density at radius 1 is 1.11 bits per heavy atom. The Kier molecular flexibility index (Phi) is 9.21. The van der Waals surface area contributed by atoms with E-state index in [1.165, 1.54) is 21.6 Å². The smallest absolute Gasteiger partial charge is 0.323 e. The van der Waals surface area contributed by atoms with Gasteiger partial charge in [-0.15, -0.1) is 5.10 Å². The van der Waals surface area contributed by atoms with Crippen molar-refractivity contribution in [2.75, 3.05) is 5.32 Å². The van der Waals surface area contributed by atoms with Gasteiger partial charge in [-0.3, -0.25) is 14.6 Å². The average Bonchev–Trinajstić information content (AvgIpc) is 3.62. The molecule has 4 aromatic heterocycles. The molecular weight excluding hydrogens is 613 g/mol. The maximum atomic E-state index is 13.9. The Labute approximate surface area is 261 Å². The normalized spacial score (nSPS) is 12.1. The molecule has 14 heteroatoms. The summed E-state index contributed by atoms with van der Waals surface area (Å²) >= 11 is 12.3. The molecule has 0 aliphatic heterocycles. The minimum absolute atomic E-state index is 0.0469. The zero-order valence-corrected chi connectivity index (χ0v) is 25.5. The van der Waals surface area contributed by atoms with Crippen LogP contribution in [0.25, 0.3) is 28.2 Å². The zero-order valence-electron chi connectivity index (χ0n) is 24.0. The highest BCUT2D eigenvalue weighted by Crippen LogP contribution is 2.33. The van der Waals surface area contributed by atoms with Crippen LogP contribution in [0.2, 0.25) is 10.2 Å². The Balaban J connectivity index is 1.48. The summed E-state index contributed by atoms with van der Waals surface area (Å²) < 4.78 is 31.4. The molecule has 44 heavy (non-hydrogen) atoms. The third-order valence-electron chi connectivity index (χ3n) is 7.20. The summed E-state index contributed by atoms with van der Waals surface area (Å²) in [4.78, 5) is 30.6. The van der Waals surface area contributed by atoms with E-state index in [0.717, 1.165) is 6.42 Å². The van der Waals surface area contributed by atoms with Crippen molar-refractivity contribution in [3.8, 4) is 28.2 Å². The van der Waals surface area contributed by atoms with Crippen LogP contribution >= 0.6 is 23.2 Å². The van der Waals surface area contributed by atoms with Crippen molar-refractivity contribution < 1.29 is 13.6 Å². The SMILES string of the molecule is CCC[C@@H](C)C(=O)Nc1cnn(C(F)F)c1-c1ccnc(Cc2ccc(-c3cc(Cl)ccc3-n3cc(Cl)nn3)n(C)c2=O)c1. The van der Waals surface area contributed by atoms with E-state index < -0.39 is 6.55 Å². The van der Waals surface area contributed by atoms with Crippen LogP contribution in [0.3, 0.4) is 0 Å². The van der Waals surface area contributed by atoms with Gasteiger partial charge in [0.15, 0.2) is 5.15 Å². The molecule has 5 aromatic rings. The molecule has 0 saturated heterocycles. The molecule has 0 unspecified atom stereocenters. The number of benzene rings is 1. The number of nitrogens with zero attached hydrogens (tertiary/aromatic N) is 7. The number of carbonyl (C=O) groups is 1. The van der Waals surface area contributed by atoms with Gasteiger partial charge in [-0.1, -0.05) is 54.7 Å². The van der Waals surface area contributed by atoms with Crippen molar-refractivity contribution in [3.63, 3.8) is 0 Å². The molecule has 0 radical (unpaired) electrons. The fourth-order valence-electron chi connectivity index (χ4n) is 4.99. The summed E-state index contributed by atoms with van der Waals surface area (Å²) in [7, 11) is 1.64. The second-order valence-electron chi connectivity index (χ2n) is 10.3. The number of rotatable bonds is 10. The Morgan fingerprint density at radius 2 is 1.91 bits per heavy atom. The summed E-state index contributed by atoms with van der Waals surface area (Å²) in [5.74, 6) is -0.582. The van der Waals surface area contributed by atoms with Gasteiger partial charge in [0.1, 0.15) is 0 Å². The van der Waals surface area contributed by atoms with E-state index in [9.17, 15) is 18.4 Å². The van der Waals surface area contributed by atoms with Gasteiger partial charge in [-0.25, -0.2) is 9.36 Å². The summed E-state index contributed by atoms with van der Waals surface area (Å²) in [5.41, 5.74) is 3.02. The molecule has 1 N–H and O–H groups in total. The molecule has 0 bridgehead atoms. The molecule has 10 nitrogen and oxygen atoms in total. The van der Waals surface area contributed by atoms with Crippen LogP contribution in [0.5, 0.6) is 0 Å². The second-order valence-corrected chi connectivity index (χ2v) is 11.1. The van der Waals surface area contributed by atoms with Gasteiger partial charge in [0.05, 0.1) is 35.2 Å². The lowest BCUT2D eigenvalue weighted by Crippen LogP contribution is -2.23. The third-order valence-corrected chi connectivity index (χ3v) is 7.61. The van der Waals surface area contributed by atoms with E-state index in [0.29, 0.717) is 49.9 Å². The van der Waals surface area contributed by atoms with E-state index in [-0.39, 0.29) is 40.3 Å². The molecular formula is C30H28Cl2F2N8O2. The number of pyridine rings is 2. The van der Waals surface area contributed by atoms with Crippen LogP contribution in [0.4, 0.5) is 14.5 Å². The highest BCUT2D eigenvalue weighted by Gasteiger charge is 2.23. The minimum atomic E-state index is -2.94. The van der Waals surface area contributed by atoms with Crippen LogP contribution in [0.1, 0.15) is 44.5 Å². The number of amides is 1. The van der Waals surface area contributed by atoms with Gasteiger partial charge < -0.3 is 9.88 Å². The van der Waals surface area contributed by atoms with Gasteiger partial charge in [0.2, 0.25) is 5.91 Å². The van der Waals surface area contributed by atoms with Crippen molar-refractivity contribution in [2.45, 2.75) is 39.7 Å². The lowest BCUT2D eigenvalue weighted by molar-refractivity contribution is -0.119. The molecule has 0 spiro atoms. The van der Waals surface area contributed by atoms with E-state index in [4.69, 9.17) is 23.2 Å². The number of hydrogen-bond acceptors (Lipinski definition) is 6. The molecule has 1 aromatic carbocycles. The van der Waals surface area contributed by atoms with Gasteiger partial charge in [-0.05, 0) is 42.8 Å². The van der Waals surface area contributed by atoms with Crippen LogP contribution < -0.4 is 10.9 Å². The molecule has 1 atom stereocenters.